The molecule has 0 aliphatic heterocycles. The van der Waals surface area contributed by atoms with E-state index in [9.17, 15) is 4.79 Å². The molecule has 1 N–H and O–H groups in total. The Morgan fingerprint density at radius 2 is 2.28 bits per heavy atom. The van der Waals surface area contributed by atoms with E-state index in [1.165, 1.54) is 31.0 Å². The molecule has 1 amide bonds. The van der Waals surface area contributed by atoms with Gasteiger partial charge in [0.15, 0.2) is 0 Å². The highest BCUT2D eigenvalue weighted by molar-refractivity contribution is 7.99. The fraction of sp³-hybridized carbons (Fsp3) is 0.571. The molecule has 1 fully saturated rings. The molecule has 1 aromatic heterocycles. The van der Waals surface area contributed by atoms with Crippen LogP contribution in [0.15, 0.2) is 29.4 Å². The number of carbonyl (C=O) groups is 1. The van der Waals surface area contributed by atoms with Crippen LogP contribution >= 0.6 is 11.8 Å². The summed E-state index contributed by atoms with van der Waals surface area (Å²) in [6.45, 7) is 2.23. The van der Waals surface area contributed by atoms with Crippen molar-refractivity contribution >= 4 is 17.7 Å². The Morgan fingerprint density at radius 3 is 3.00 bits per heavy atom. The zero-order valence-electron chi connectivity index (χ0n) is 10.8. The second-order valence-corrected chi connectivity index (χ2v) is 5.89. The fourth-order valence-corrected chi connectivity index (χ4v) is 3.02. The highest BCUT2D eigenvalue weighted by Gasteiger charge is 2.22. The van der Waals surface area contributed by atoms with Gasteiger partial charge in [0.25, 0.3) is 0 Å². The number of carbonyl (C=O) groups excluding carboxylic acids is 1. The predicted octanol–water partition coefficient (Wildman–Crippen LogP) is 2.87. The zero-order chi connectivity index (χ0) is 12.8. The molecular weight excluding hydrogens is 244 g/mol. The van der Waals surface area contributed by atoms with Crippen LogP contribution in [0.5, 0.6) is 0 Å². The molecule has 1 aliphatic carbocycles. The molecule has 2 atom stereocenters. The van der Waals surface area contributed by atoms with Crippen molar-refractivity contribution in [1.82, 2.24) is 10.3 Å². The first-order chi connectivity index (χ1) is 8.75. The molecule has 2 rings (SSSR count). The number of hydrogen-bond acceptors (Lipinski definition) is 3. The van der Waals surface area contributed by atoms with Crippen LogP contribution in [0.25, 0.3) is 0 Å². The quantitative estimate of drug-likeness (QED) is 0.850. The third-order valence-corrected chi connectivity index (χ3v) is 4.39. The largest absolute Gasteiger partial charge is 0.352 e. The van der Waals surface area contributed by atoms with Crippen molar-refractivity contribution in [3.63, 3.8) is 0 Å². The molecule has 4 heteroatoms. The van der Waals surface area contributed by atoms with Gasteiger partial charge in [0.05, 0.1) is 10.8 Å². The monoisotopic (exact) mass is 264 g/mol. The van der Waals surface area contributed by atoms with Crippen molar-refractivity contribution in [2.75, 3.05) is 5.75 Å². The van der Waals surface area contributed by atoms with Crippen LogP contribution in [0.2, 0.25) is 0 Å². The SMILES string of the molecule is C[C@H]1CCCC[C@H]1NC(=O)CSc1ccccn1. The fourth-order valence-electron chi connectivity index (χ4n) is 2.35. The molecule has 0 saturated heterocycles. The summed E-state index contributed by atoms with van der Waals surface area (Å²) in [5, 5.41) is 4.06. The number of thioether (sulfide) groups is 1. The Kier molecular flexibility index (Phi) is 5.05. The number of aromatic nitrogens is 1. The summed E-state index contributed by atoms with van der Waals surface area (Å²) in [5.74, 6) is 1.20. The summed E-state index contributed by atoms with van der Waals surface area (Å²) in [7, 11) is 0. The van der Waals surface area contributed by atoms with Crippen LogP contribution in [-0.2, 0) is 4.79 Å². The molecular formula is C14H20N2OS. The van der Waals surface area contributed by atoms with Gasteiger partial charge in [0, 0.05) is 12.2 Å². The van der Waals surface area contributed by atoms with Gasteiger partial charge in [0.1, 0.15) is 0 Å². The lowest BCUT2D eigenvalue weighted by Crippen LogP contribution is -2.41. The van der Waals surface area contributed by atoms with Gasteiger partial charge in [-0.2, -0.15) is 0 Å². The minimum absolute atomic E-state index is 0.129. The van der Waals surface area contributed by atoms with E-state index < -0.39 is 0 Å². The van der Waals surface area contributed by atoms with E-state index in [0.29, 0.717) is 17.7 Å². The first-order valence-corrected chi connectivity index (χ1v) is 7.57. The minimum atomic E-state index is 0.129. The normalized spacial score (nSPS) is 23.6. The molecule has 0 unspecified atom stereocenters. The Morgan fingerprint density at radius 1 is 1.44 bits per heavy atom. The van der Waals surface area contributed by atoms with E-state index in [-0.39, 0.29) is 5.91 Å². The second kappa shape index (κ2) is 6.78. The number of nitrogens with one attached hydrogen (secondary N) is 1. The zero-order valence-corrected chi connectivity index (χ0v) is 11.6. The van der Waals surface area contributed by atoms with Gasteiger partial charge in [0.2, 0.25) is 5.91 Å². The van der Waals surface area contributed by atoms with Crippen LogP contribution in [0.3, 0.4) is 0 Å². The number of hydrogen-bond donors (Lipinski definition) is 1. The van der Waals surface area contributed by atoms with Crippen LogP contribution < -0.4 is 5.32 Å². The van der Waals surface area contributed by atoms with Crippen molar-refractivity contribution < 1.29 is 4.79 Å². The molecule has 1 heterocycles. The molecule has 0 radical (unpaired) electrons. The number of amides is 1. The van der Waals surface area contributed by atoms with E-state index in [1.807, 2.05) is 18.2 Å². The minimum Gasteiger partial charge on any atom is -0.352 e. The Labute approximate surface area is 113 Å². The van der Waals surface area contributed by atoms with E-state index >= 15 is 0 Å². The van der Waals surface area contributed by atoms with E-state index in [4.69, 9.17) is 0 Å². The van der Waals surface area contributed by atoms with Gasteiger partial charge >= 0.3 is 0 Å². The third-order valence-electron chi connectivity index (χ3n) is 3.45. The van der Waals surface area contributed by atoms with E-state index in [0.717, 1.165) is 11.4 Å². The lowest BCUT2D eigenvalue weighted by atomic mass is 9.86. The molecule has 0 spiro atoms. The summed E-state index contributed by atoms with van der Waals surface area (Å²) in [5.41, 5.74) is 0. The lowest BCUT2D eigenvalue weighted by molar-refractivity contribution is -0.119. The smallest absolute Gasteiger partial charge is 0.230 e. The Balaban J connectivity index is 1.75. The third kappa shape index (κ3) is 4.02. The van der Waals surface area contributed by atoms with Gasteiger partial charge in [-0.05, 0) is 30.9 Å². The predicted molar refractivity (Wildman–Crippen MR) is 74.5 cm³/mol. The first-order valence-electron chi connectivity index (χ1n) is 6.59. The van der Waals surface area contributed by atoms with Crippen molar-refractivity contribution in [3.05, 3.63) is 24.4 Å². The standard InChI is InChI=1S/C14H20N2OS/c1-11-6-2-3-7-12(11)16-13(17)10-18-14-8-4-5-9-15-14/h4-5,8-9,11-12H,2-3,6-7,10H2,1H3,(H,16,17)/t11-,12+/m0/s1. The molecule has 3 nitrogen and oxygen atoms in total. The molecule has 18 heavy (non-hydrogen) atoms. The van der Waals surface area contributed by atoms with Crippen molar-refractivity contribution in [1.29, 1.82) is 0 Å². The van der Waals surface area contributed by atoms with Crippen molar-refractivity contribution in [2.45, 2.75) is 43.7 Å². The molecule has 1 saturated carbocycles. The first kappa shape index (κ1) is 13.4. The van der Waals surface area contributed by atoms with Gasteiger partial charge in [-0.3, -0.25) is 4.79 Å². The van der Waals surface area contributed by atoms with Crippen LogP contribution in [0.1, 0.15) is 32.6 Å². The molecule has 98 valence electrons. The average molecular weight is 264 g/mol. The molecule has 1 aromatic rings. The summed E-state index contributed by atoms with van der Waals surface area (Å²) in [4.78, 5) is 16.1. The molecule has 1 aliphatic rings. The Hall–Kier alpha value is -1.03. The number of nitrogens with zero attached hydrogens (tertiary/aromatic N) is 1. The van der Waals surface area contributed by atoms with Crippen LogP contribution in [0, 0.1) is 5.92 Å². The summed E-state index contributed by atoms with van der Waals surface area (Å²) >= 11 is 1.50. The summed E-state index contributed by atoms with van der Waals surface area (Å²) in [6, 6.07) is 6.13. The van der Waals surface area contributed by atoms with Gasteiger partial charge in [-0.25, -0.2) is 4.98 Å². The summed E-state index contributed by atoms with van der Waals surface area (Å²) in [6.07, 6.45) is 6.65. The van der Waals surface area contributed by atoms with Gasteiger partial charge in [-0.1, -0.05) is 37.6 Å². The van der Waals surface area contributed by atoms with E-state index in [2.05, 4.69) is 17.2 Å². The van der Waals surface area contributed by atoms with Crippen molar-refractivity contribution in [2.24, 2.45) is 5.92 Å². The number of rotatable bonds is 4. The average Bonchev–Trinajstić information content (AvgIpc) is 2.40. The highest BCUT2D eigenvalue weighted by atomic mass is 32.2. The molecule has 0 bridgehead atoms. The van der Waals surface area contributed by atoms with Crippen LogP contribution in [0.4, 0.5) is 0 Å². The van der Waals surface area contributed by atoms with E-state index in [1.54, 1.807) is 6.20 Å². The second-order valence-electron chi connectivity index (χ2n) is 4.89. The Bertz CT molecular complexity index is 383. The maximum Gasteiger partial charge on any atom is 0.230 e. The van der Waals surface area contributed by atoms with Gasteiger partial charge < -0.3 is 5.32 Å². The topological polar surface area (TPSA) is 42.0 Å². The summed E-state index contributed by atoms with van der Waals surface area (Å²) < 4.78 is 0. The van der Waals surface area contributed by atoms with Crippen LogP contribution in [-0.4, -0.2) is 22.7 Å². The van der Waals surface area contributed by atoms with Gasteiger partial charge in [-0.15, -0.1) is 0 Å². The highest BCUT2D eigenvalue weighted by Crippen LogP contribution is 2.24. The molecule has 0 aromatic carbocycles. The van der Waals surface area contributed by atoms with Crippen molar-refractivity contribution in [3.8, 4) is 0 Å². The number of pyridine rings is 1. The lowest BCUT2D eigenvalue weighted by Gasteiger charge is -2.29. The maximum absolute atomic E-state index is 11.9. The maximum atomic E-state index is 11.9.